The molecule has 0 bridgehead atoms. The Bertz CT molecular complexity index is 1260. The number of nitrogens with one attached hydrogen (secondary N) is 1. The van der Waals surface area contributed by atoms with Crippen molar-refractivity contribution in [3.63, 3.8) is 0 Å². The Balaban J connectivity index is 0.000000350. The number of hydrogen-bond donors (Lipinski definition) is 3. The number of nitrogens with zero attached hydrogens (tertiary/aromatic N) is 1. The Morgan fingerprint density at radius 2 is 1.53 bits per heavy atom. The molecule has 0 saturated carbocycles. The fraction of sp³-hybridized carbons (Fsp3) is 0.185. The summed E-state index contributed by atoms with van der Waals surface area (Å²) in [4.78, 5) is 19.1. The van der Waals surface area contributed by atoms with E-state index in [-0.39, 0.29) is 0 Å². The van der Waals surface area contributed by atoms with Gasteiger partial charge < -0.3 is 24.8 Å². The maximum atomic E-state index is 9.55. The molecule has 7 heteroatoms. The maximum Gasteiger partial charge on any atom is 0.328 e. The van der Waals surface area contributed by atoms with Crippen LogP contribution >= 0.6 is 0 Å². The van der Waals surface area contributed by atoms with Gasteiger partial charge in [-0.2, -0.15) is 0 Å². The van der Waals surface area contributed by atoms with Gasteiger partial charge >= 0.3 is 11.9 Å². The second-order valence-corrected chi connectivity index (χ2v) is 7.45. The molecule has 4 rings (SSSR count). The number of carboxylic acids is 2. The summed E-state index contributed by atoms with van der Waals surface area (Å²) in [6.45, 7) is 5.45. The van der Waals surface area contributed by atoms with Crippen molar-refractivity contribution in [3.8, 4) is 5.75 Å². The molecule has 0 aliphatic heterocycles. The molecule has 176 valence electrons. The number of benzene rings is 3. The predicted molar refractivity (Wildman–Crippen MR) is 133 cm³/mol. The Morgan fingerprint density at radius 3 is 2.21 bits per heavy atom. The van der Waals surface area contributed by atoms with Gasteiger partial charge in [-0.1, -0.05) is 61.5 Å². The highest BCUT2D eigenvalue weighted by molar-refractivity contribution is 6.11. The Hall–Kier alpha value is -4.10. The molecule has 0 radical (unpaired) electrons. The number of carboxylic acid groups (broad SMARTS) is 2. The number of likely N-dealkylation sites (N-methyl/N-ethyl adjacent to an activating group) is 1. The van der Waals surface area contributed by atoms with Gasteiger partial charge in [0.2, 0.25) is 0 Å². The standard InChI is InChI=1S/C23H24N2O.C4H4O4/c1-2-24-15-16-26-22-14-8-13-21-23(22)19-11-6-7-12-20(19)25(21)17-18-9-4-3-5-10-18;5-3(6)1-2-4(7)8/h3-14,24H,2,15-17H2,1H3;1-2H,(H,5,6)(H,7,8)/b;2-1+. The lowest BCUT2D eigenvalue weighted by atomic mass is 10.1. The smallest absolute Gasteiger partial charge is 0.328 e. The topological polar surface area (TPSA) is 101 Å². The van der Waals surface area contributed by atoms with Crippen LogP contribution in [0.4, 0.5) is 0 Å². The zero-order valence-corrected chi connectivity index (χ0v) is 19.0. The van der Waals surface area contributed by atoms with Gasteiger partial charge in [-0.3, -0.25) is 0 Å². The molecule has 0 spiro atoms. The minimum atomic E-state index is -1.26. The monoisotopic (exact) mass is 460 g/mol. The van der Waals surface area contributed by atoms with Gasteiger partial charge in [0.15, 0.2) is 0 Å². The lowest BCUT2D eigenvalue weighted by molar-refractivity contribution is -0.134. The molecule has 0 amide bonds. The van der Waals surface area contributed by atoms with Gasteiger partial charge in [0.1, 0.15) is 12.4 Å². The van der Waals surface area contributed by atoms with E-state index >= 15 is 0 Å². The van der Waals surface area contributed by atoms with E-state index in [4.69, 9.17) is 14.9 Å². The first-order chi connectivity index (χ1) is 16.5. The van der Waals surface area contributed by atoms with Crippen molar-refractivity contribution >= 4 is 33.7 Å². The van der Waals surface area contributed by atoms with Gasteiger partial charge in [0.25, 0.3) is 0 Å². The van der Waals surface area contributed by atoms with E-state index in [9.17, 15) is 9.59 Å². The fourth-order valence-corrected chi connectivity index (χ4v) is 3.67. The number of para-hydroxylation sites is 1. The first kappa shape index (κ1) is 24.5. The molecular weight excluding hydrogens is 432 g/mol. The van der Waals surface area contributed by atoms with Crippen LogP contribution in [0.3, 0.4) is 0 Å². The average Bonchev–Trinajstić information content (AvgIpc) is 3.16. The number of aromatic nitrogens is 1. The van der Waals surface area contributed by atoms with E-state index in [1.54, 1.807) is 0 Å². The van der Waals surface area contributed by atoms with Gasteiger partial charge in [0.05, 0.1) is 5.52 Å². The van der Waals surface area contributed by atoms with Crippen LogP contribution in [0.1, 0.15) is 12.5 Å². The first-order valence-corrected chi connectivity index (χ1v) is 11.0. The number of fused-ring (bicyclic) bond motifs is 3. The van der Waals surface area contributed by atoms with Crippen LogP contribution in [0.25, 0.3) is 21.8 Å². The minimum Gasteiger partial charge on any atom is -0.492 e. The van der Waals surface area contributed by atoms with Gasteiger partial charge in [-0.25, -0.2) is 9.59 Å². The number of rotatable bonds is 9. The minimum absolute atomic E-state index is 0.558. The number of carbonyl (C=O) groups is 2. The molecule has 0 saturated heterocycles. The summed E-state index contributed by atoms with van der Waals surface area (Å²) in [6.07, 6.45) is 1.12. The molecule has 4 aromatic rings. The highest BCUT2D eigenvalue weighted by atomic mass is 16.5. The first-order valence-electron chi connectivity index (χ1n) is 11.0. The zero-order chi connectivity index (χ0) is 24.3. The third kappa shape index (κ3) is 6.46. The third-order valence-electron chi connectivity index (χ3n) is 5.10. The number of hydrogen-bond acceptors (Lipinski definition) is 4. The Kier molecular flexibility index (Phi) is 8.82. The largest absolute Gasteiger partial charge is 0.492 e. The van der Waals surface area contributed by atoms with E-state index < -0.39 is 11.9 Å². The van der Waals surface area contributed by atoms with Crippen LogP contribution in [0, 0.1) is 0 Å². The van der Waals surface area contributed by atoms with Crippen molar-refractivity contribution in [2.24, 2.45) is 0 Å². The van der Waals surface area contributed by atoms with Crippen molar-refractivity contribution in [1.29, 1.82) is 0 Å². The SMILES string of the molecule is CCNCCOc1cccc2c1c1ccccc1n2Cc1ccccc1.O=C(O)/C=C/C(=O)O. The van der Waals surface area contributed by atoms with Crippen molar-refractivity contribution in [1.82, 2.24) is 9.88 Å². The quantitative estimate of drug-likeness (QED) is 0.250. The van der Waals surface area contributed by atoms with Crippen LogP contribution < -0.4 is 10.1 Å². The van der Waals surface area contributed by atoms with Gasteiger partial charge in [-0.15, -0.1) is 0 Å². The maximum absolute atomic E-state index is 9.55. The van der Waals surface area contributed by atoms with E-state index in [2.05, 4.69) is 89.6 Å². The van der Waals surface area contributed by atoms with Gasteiger partial charge in [0, 0.05) is 41.5 Å². The van der Waals surface area contributed by atoms with Crippen LogP contribution in [-0.2, 0) is 16.1 Å². The number of ether oxygens (including phenoxy) is 1. The average molecular weight is 461 g/mol. The van der Waals surface area contributed by atoms with E-state index in [0.29, 0.717) is 18.8 Å². The summed E-state index contributed by atoms with van der Waals surface area (Å²) in [5.41, 5.74) is 3.76. The molecule has 7 nitrogen and oxygen atoms in total. The molecule has 0 atom stereocenters. The van der Waals surface area contributed by atoms with Crippen LogP contribution in [0.15, 0.2) is 84.9 Å². The molecule has 0 fully saturated rings. The summed E-state index contributed by atoms with van der Waals surface area (Å²) in [5, 5.41) is 21.4. The van der Waals surface area contributed by atoms with Crippen molar-refractivity contribution < 1.29 is 24.5 Å². The highest BCUT2D eigenvalue weighted by Crippen LogP contribution is 2.36. The van der Waals surface area contributed by atoms with Crippen molar-refractivity contribution in [3.05, 3.63) is 90.5 Å². The third-order valence-corrected chi connectivity index (χ3v) is 5.10. The molecule has 0 unspecified atom stereocenters. The lowest BCUT2D eigenvalue weighted by Gasteiger charge is -2.10. The molecule has 3 aromatic carbocycles. The molecule has 34 heavy (non-hydrogen) atoms. The van der Waals surface area contributed by atoms with Crippen LogP contribution in [0.5, 0.6) is 5.75 Å². The second-order valence-electron chi connectivity index (χ2n) is 7.45. The highest BCUT2D eigenvalue weighted by Gasteiger charge is 2.14. The van der Waals surface area contributed by atoms with E-state index in [0.717, 1.165) is 25.4 Å². The molecule has 1 heterocycles. The molecular formula is C27H28N2O5. The molecule has 0 aliphatic carbocycles. The second kappa shape index (κ2) is 12.2. The van der Waals surface area contributed by atoms with E-state index in [1.165, 1.54) is 27.4 Å². The lowest BCUT2D eigenvalue weighted by Crippen LogP contribution is -2.20. The summed E-state index contributed by atoms with van der Waals surface area (Å²) < 4.78 is 8.50. The van der Waals surface area contributed by atoms with E-state index in [1.807, 2.05) is 0 Å². The fourth-order valence-electron chi connectivity index (χ4n) is 3.67. The molecule has 3 N–H and O–H groups in total. The van der Waals surface area contributed by atoms with Crippen LogP contribution in [0.2, 0.25) is 0 Å². The summed E-state index contributed by atoms with van der Waals surface area (Å²) in [7, 11) is 0. The molecule has 0 aliphatic rings. The summed E-state index contributed by atoms with van der Waals surface area (Å²) in [5.74, 6) is -1.55. The zero-order valence-electron chi connectivity index (χ0n) is 19.0. The Morgan fingerprint density at radius 1 is 0.882 bits per heavy atom. The number of aliphatic carboxylic acids is 2. The van der Waals surface area contributed by atoms with Crippen molar-refractivity contribution in [2.45, 2.75) is 13.5 Å². The molecule has 1 aromatic heterocycles. The summed E-state index contributed by atoms with van der Waals surface area (Å²) in [6, 6.07) is 25.6. The Labute approximate surface area is 197 Å². The normalized spacial score (nSPS) is 10.9. The predicted octanol–water partition coefficient (Wildman–Crippen LogP) is 4.54. The van der Waals surface area contributed by atoms with Crippen molar-refractivity contribution in [2.75, 3.05) is 19.7 Å². The van der Waals surface area contributed by atoms with Crippen LogP contribution in [-0.4, -0.2) is 46.4 Å². The summed E-state index contributed by atoms with van der Waals surface area (Å²) >= 11 is 0. The van der Waals surface area contributed by atoms with Gasteiger partial charge in [-0.05, 0) is 30.3 Å².